The molecule has 138 valence electrons. The van der Waals surface area contributed by atoms with E-state index >= 15 is 0 Å². The highest BCUT2D eigenvalue weighted by molar-refractivity contribution is 6.06. The van der Waals surface area contributed by atoms with Gasteiger partial charge in [-0.25, -0.2) is 0 Å². The molecule has 0 aliphatic heterocycles. The van der Waals surface area contributed by atoms with Gasteiger partial charge in [0.15, 0.2) is 0 Å². The Labute approximate surface area is 157 Å². The van der Waals surface area contributed by atoms with Crippen LogP contribution in [0.15, 0.2) is 66.4 Å². The second kappa shape index (κ2) is 9.15. The van der Waals surface area contributed by atoms with Gasteiger partial charge in [-0.3, -0.25) is 14.9 Å². The second-order valence-corrected chi connectivity index (χ2v) is 6.17. The molecule has 7 nitrogen and oxygen atoms in total. The molecule has 0 saturated carbocycles. The minimum Gasteiger partial charge on any atom is -0.369 e. The molecular formula is C20H20N4O3. The molecule has 0 atom stereocenters. The Hall–Kier alpha value is -3.66. The lowest BCUT2D eigenvalue weighted by Gasteiger charge is -2.25. The van der Waals surface area contributed by atoms with Crippen LogP contribution in [0.5, 0.6) is 0 Å². The monoisotopic (exact) mass is 364 g/mol. The van der Waals surface area contributed by atoms with Crippen LogP contribution < -0.4 is 5.32 Å². The quantitative estimate of drug-likeness (QED) is 0.348. The Kier molecular flexibility index (Phi) is 6.67. The molecule has 7 heteroatoms. The zero-order valence-corrected chi connectivity index (χ0v) is 15.1. The number of nitro groups is 1. The maximum atomic E-state index is 12.4. The number of carbonyl (C=O) groups excluding carboxylic acids is 1. The zero-order chi connectivity index (χ0) is 19.8. The Balaban J connectivity index is 2.19. The van der Waals surface area contributed by atoms with E-state index in [2.05, 4.69) is 5.32 Å². The van der Waals surface area contributed by atoms with Crippen molar-refractivity contribution >= 4 is 17.3 Å². The van der Waals surface area contributed by atoms with Crippen molar-refractivity contribution in [3.8, 4) is 6.07 Å². The lowest BCUT2D eigenvalue weighted by atomic mass is 10.2. The molecule has 0 radical (unpaired) electrons. The molecule has 1 N–H and O–H groups in total. The second-order valence-electron chi connectivity index (χ2n) is 6.17. The third kappa shape index (κ3) is 5.68. The molecule has 0 heterocycles. The van der Waals surface area contributed by atoms with Gasteiger partial charge in [-0.15, -0.1) is 0 Å². The zero-order valence-electron chi connectivity index (χ0n) is 15.1. The first kappa shape index (κ1) is 19.7. The van der Waals surface area contributed by atoms with Gasteiger partial charge in [0.05, 0.1) is 4.92 Å². The molecule has 2 aromatic rings. The third-order valence-corrected chi connectivity index (χ3v) is 3.85. The van der Waals surface area contributed by atoms with Crippen LogP contribution in [0.3, 0.4) is 0 Å². The fraction of sp³-hybridized carbons (Fsp3) is 0.200. The van der Waals surface area contributed by atoms with E-state index in [9.17, 15) is 20.2 Å². The largest absolute Gasteiger partial charge is 0.369 e. The predicted molar refractivity (Wildman–Crippen MR) is 103 cm³/mol. The van der Waals surface area contributed by atoms with Crippen molar-refractivity contribution in [2.45, 2.75) is 26.4 Å². The number of amides is 1. The highest BCUT2D eigenvalue weighted by Crippen LogP contribution is 2.18. The Bertz CT molecular complexity index is 886. The van der Waals surface area contributed by atoms with E-state index in [0.29, 0.717) is 6.54 Å². The molecule has 0 saturated heterocycles. The van der Waals surface area contributed by atoms with Crippen LogP contribution in [-0.4, -0.2) is 21.8 Å². The standard InChI is InChI=1S/C20H20N4O3/c1-15(2)23(13-16-7-4-3-5-8-16)14-17(12-21)20(25)22-18-9-6-10-19(11-18)24(26)27/h3-11,14-15H,13H2,1-2H3,(H,22,25)/b17-14-. The van der Waals surface area contributed by atoms with E-state index in [1.165, 1.54) is 30.5 Å². The number of carbonyl (C=O) groups is 1. The number of hydrogen-bond acceptors (Lipinski definition) is 5. The van der Waals surface area contributed by atoms with Crippen molar-refractivity contribution in [1.29, 1.82) is 5.26 Å². The molecule has 27 heavy (non-hydrogen) atoms. The first-order valence-corrected chi connectivity index (χ1v) is 8.38. The van der Waals surface area contributed by atoms with E-state index in [1.807, 2.05) is 55.1 Å². The summed E-state index contributed by atoms with van der Waals surface area (Å²) in [6.45, 7) is 4.48. The number of non-ortho nitro benzene ring substituents is 1. The molecule has 0 aliphatic rings. The molecule has 0 spiro atoms. The molecular weight excluding hydrogens is 344 g/mol. The summed E-state index contributed by atoms with van der Waals surface area (Å²) in [6.07, 6.45) is 1.52. The lowest BCUT2D eigenvalue weighted by molar-refractivity contribution is -0.384. The van der Waals surface area contributed by atoms with E-state index in [-0.39, 0.29) is 23.0 Å². The molecule has 2 rings (SSSR count). The minimum absolute atomic E-state index is 0.0687. The lowest BCUT2D eigenvalue weighted by Crippen LogP contribution is -2.27. The summed E-state index contributed by atoms with van der Waals surface area (Å²) in [6, 6.07) is 17.3. The van der Waals surface area contributed by atoms with Crippen LogP contribution in [0.4, 0.5) is 11.4 Å². The van der Waals surface area contributed by atoms with E-state index in [1.54, 1.807) is 0 Å². The summed E-state index contributed by atoms with van der Waals surface area (Å²) in [5.41, 5.74) is 1.10. The van der Waals surface area contributed by atoms with Crippen LogP contribution in [0.1, 0.15) is 19.4 Å². The van der Waals surface area contributed by atoms with Crippen LogP contribution in [-0.2, 0) is 11.3 Å². The normalized spacial score (nSPS) is 11.0. The summed E-state index contributed by atoms with van der Waals surface area (Å²) in [5.74, 6) is -0.614. The number of hydrogen-bond donors (Lipinski definition) is 1. The maximum Gasteiger partial charge on any atom is 0.271 e. The summed E-state index contributed by atoms with van der Waals surface area (Å²) in [5, 5.41) is 22.8. The van der Waals surface area contributed by atoms with Gasteiger partial charge in [-0.05, 0) is 25.5 Å². The summed E-state index contributed by atoms with van der Waals surface area (Å²) >= 11 is 0. The van der Waals surface area contributed by atoms with Crippen LogP contribution in [0.25, 0.3) is 0 Å². The van der Waals surface area contributed by atoms with Crippen molar-refractivity contribution in [3.05, 3.63) is 82.0 Å². The number of anilines is 1. The molecule has 1 amide bonds. The van der Waals surface area contributed by atoms with E-state index < -0.39 is 10.8 Å². The van der Waals surface area contributed by atoms with Gasteiger partial charge in [-0.1, -0.05) is 36.4 Å². The molecule has 0 aliphatic carbocycles. The van der Waals surface area contributed by atoms with Gasteiger partial charge in [0.2, 0.25) is 0 Å². The highest BCUT2D eigenvalue weighted by atomic mass is 16.6. The van der Waals surface area contributed by atoms with Gasteiger partial charge < -0.3 is 10.2 Å². The highest BCUT2D eigenvalue weighted by Gasteiger charge is 2.15. The minimum atomic E-state index is -0.614. The van der Waals surface area contributed by atoms with E-state index in [4.69, 9.17) is 0 Å². The third-order valence-electron chi connectivity index (χ3n) is 3.85. The number of nitro benzene ring substituents is 1. The van der Waals surface area contributed by atoms with Crippen molar-refractivity contribution < 1.29 is 9.72 Å². The Morgan fingerprint density at radius 2 is 1.96 bits per heavy atom. The molecule has 0 fully saturated rings. The van der Waals surface area contributed by atoms with Gasteiger partial charge >= 0.3 is 0 Å². The van der Waals surface area contributed by atoms with Gasteiger partial charge in [0.25, 0.3) is 11.6 Å². The average Bonchev–Trinajstić information content (AvgIpc) is 2.65. The van der Waals surface area contributed by atoms with Crippen LogP contribution in [0, 0.1) is 21.4 Å². The number of rotatable bonds is 7. The van der Waals surface area contributed by atoms with Gasteiger partial charge in [0, 0.05) is 36.6 Å². The summed E-state index contributed by atoms with van der Waals surface area (Å²) < 4.78 is 0. The summed E-state index contributed by atoms with van der Waals surface area (Å²) in [4.78, 5) is 24.6. The van der Waals surface area contributed by atoms with Crippen molar-refractivity contribution in [3.63, 3.8) is 0 Å². The van der Waals surface area contributed by atoms with Crippen LogP contribution >= 0.6 is 0 Å². The smallest absolute Gasteiger partial charge is 0.271 e. The number of nitrogens with one attached hydrogen (secondary N) is 1. The van der Waals surface area contributed by atoms with Crippen LogP contribution in [0.2, 0.25) is 0 Å². The topological polar surface area (TPSA) is 99.3 Å². The summed E-state index contributed by atoms with van der Waals surface area (Å²) in [7, 11) is 0. The van der Waals surface area contributed by atoms with Crippen molar-refractivity contribution in [1.82, 2.24) is 4.90 Å². The fourth-order valence-corrected chi connectivity index (χ4v) is 2.37. The Morgan fingerprint density at radius 1 is 1.26 bits per heavy atom. The fourth-order valence-electron chi connectivity index (χ4n) is 2.37. The maximum absolute atomic E-state index is 12.4. The first-order chi connectivity index (χ1) is 12.9. The predicted octanol–water partition coefficient (Wildman–Crippen LogP) is 3.85. The molecule has 0 aromatic heterocycles. The SMILES string of the molecule is CC(C)N(/C=C(/C#N)C(=O)Nc1cccc([N+](=O)[O-])c1)Cc1ccccc1. The average molecular weight is 364 g/mol. The molecule has 0 bridgehead atoms. The van der Waals surface area contributed by atoms with Gasteiger partial charge in [0.1, 0.15) is 11.6 Å². The molecule has 0 unspecified atom stereocenters. The number of benzene rings is 2. The van der Waals surface area contributed by atoms with E-state index in [0.717, 1.165) is 5.56 Å². The first-order valence-electron chi connectivity index (χ1n) is 8.38. The van der Waals surface area contributed by atoms with Crippen molar-refractivity contribution in [2.75, 3.05) is 5.32 Å². The number of nitriles is 1. The van der Waals surface area contributed by atoms with Crippen molar-refractivity contribution in [2.24, 2.45) is 0 Å². The number of nitrogens with zero attached hydrogens (tertiary/aromatic N) is 3. The molecule has 2 aromatic carbocycles. The van der Waals surface area contributed by atoms with Gasteiger partial charge in [-0.2, -0.15) is 5.26 Å². The Morgan fingerprint density at radius 3 is 2.56 bits per heavy atom.